The number of amides is 1. The Kier molecular flexibility index (Phi) is 5.75. The van der Waals surface area contributed by atoms with E-state index >= 15 is 0 Å². The summed E-state index contributed by atoms with van der Waals surface area (Å²) in [5, 5.41) is 6.49. The second kappa shape index (κ2) is 7.84. The molecule has 1 amide bonds. The number of carbonyl (C=O) groups excluding carboxylic acids is 1. The minimum absolute atomic E-state index is 0.125. The topological polar surface area (TPSA) is 95.8 Å². The third-order valence-electron chi connectivity index (χ3n) is 4.92. The predicted molar refractivity (Wildman–Crippen MR) is 93.1 cm³/mol. The molecule has 1 aromatic heterocycles. The van der Waals surface area contributed by atoms with Crippen LogP contribution in [-0.4, -0.2) is 54.3 Å². The summed E-state index contributed by atoms with van der Waals surface area (Å²) in [5.41, 5.74) is 0. The fraction of sp³-hybridized carbons (Fsp3) is 0.750. The summed E-state index contributed by atoms with van der Waals surface area (Å²) in [7, 11) is -3.41. The molecule has 140 valence electrons. The molecular formula is C16H26N4O4S. The molecule has 25 heavy (non-hydrogen) atoms. The molecule has 0 aromatic carbocycles. The molecule has 0 bridgehead atoms. The molecule has 0 unspecified atom stereocenters. The van der Waals surface area contributed by atoms with Crippen LogP contribution in [0.4, 0.5) is 5.82 Å². The molecule has 0 aliphatic carbocycles. The van der Waals surface area contributed by atoms with Gasteiger partial charge in [-0.15, -0.1) is 0 Å². The molecule has 0 saturated carbocycles. The van der Waals surface area contributed by atoms with Crippen molar-refractivity contribution in [2.45, 2.75) is 45.4 Å². The molecule has 2 aliphatic heterocycles. The molecule has 8 nitrogen and oxygen atoms in total. The second-order valence-electron chi connectivity index (χ2n) is 6.81. The van der Waals surface area contributed by atoms with Gasteiger partial charge >= 0.3 is 0 Å². The SMILES string of the molecule is Cc1cc(NC(=O)C2CCN(S(=O)(=O)N3CCCCCC3)CC2)no1. The zero-order valence-electron chi connectivity index (χ0n) is 14.6. The van der Waals surface area contributed by atoms with Crippen LogP contribution in [0.25, 0.3) is 0 Å². The van der Waals surface area contributed by atoms with Gasteiger partial charge in [-0.3, -0.25) is 4.79 Å². The van der Waals surface area contributed by atoms with Crippen molar-refractivity contribution in [2.75, 3.05) is 31.5 Å². The predicted octanol–water partition coefficient (Wildman–Crippen LogP) is 1.75. The summed E-state index contributed by atoms with van der Waals surface area (Å²) in [4.78, 5) is 12.3. The lowest BCUT2D eigenvalue weighted by Crippen LogP contribution is -2.48. The maximum absolute atomic E-state index is 12.8. The molecule has 1 N–H and O–H groups in total. The van der Waals surface area contributed by atoms with E-state index in [1.165, 1.54) is 4.31 Å². The number of nitrogens with zero attached hydrogens (tertiary/aromatic N) is 3. The Morgan fingerprint density at radius 1 is 1.12 bits per heavy atom. The van der Waals surface area contributed by atoms with Gasteiger partial charge in [0.25, 0.3) is 10.2 Å². The maximum Gasteiger partial charge on any atom is 0.281 e. The lowest BCUT2D eigenvalue weighted by molar-refractivity contribution is -0.121. The van der Waals surface area contributed by atoms with Crippen LogP contribution >= 0.6 is 0 Å². The van der Waals surface area contributed by atoms with Crippen LogP contribution < -0.4 is 5.32 Å². The summed E-state index contributed by atoms with van der Waals surface area (Å²) in [6.45, 7) is 3.74. The van der Waals surface area contributed by atoms with Crippen molar-refractivity contribution in [3.8, 4) is 0 Å². The zero-order valence-corrected chi connectivity index (χ0v) is 15.4. The normalized spacial score (nSPS) is 21.8. The number of carbonyl (C=O) groups is 1. The molecule has 3 rings (SSSR count). The van der Waals surface area contributed by atoms with Gasteiger partial charge in [0.1, 0.15) is 5.76 Å². The van der Waals surface area contributed by atoms with Crippen molar-refractivity contribution in [2.24, 2.45) is 5.92 Å². The number of hydrogen-bond acceptors (Lipinski definition) is 5. The van der Waals surface area contributed by atoms with Gasteiger partial charge in [-0.1, -0.05) is 18.0 Å². The average molecular weight is 370 g/mol. The number of aromatic nitrogens is 1. The Labute approximate surface area is 148 Å². The van der Waals surface area contributed by atoms with Gasteiger partial charge in [0.05, 0.1) is 0 Å². The van der Waals surface area contributed by atoms with Crippen LogP contribution in [0.3, 0.4) is 0 Å². The van der Waals surface area contributed by atoms with Crippen molar-refractivity contribution < 1.29 is 17.7 Å². The van der Waals surface area contributed by atoms with Crippen LogP contribution in [0.15, 0.2) is 10.6 Å². The van der Waals surface area contributed by atoms with Crippen molar-refractivity contribution in [1.29, 1.82) is 0 Å². The van der Waals surface area contributed by atoms with Crippen LogP contribution in [0, 0.1) is 12.8 Å². The van der Waals surface area contributed by atoms with Crippen LogP contribution in [-0.2, 0) is 15.0 Å². The highest BCUT2D eigenvalue weighted by Crippen LogP contribution is 2.24. The summed E-state index contributed by atoms with van der Waals surface area (Å²) >= 11 is 0. The average Bonchev–Trinajstić information content (AvgIpc) is 2.85. The van der Waals surface area contributed by atoms with E-state index in [1.54, 1.807) is 17.3 Å². The van der Waals surface area contributed by atoms with Gasteiger partial charge in [-0.05, 0) is 32.6 Å². The number of anilines is 1. The van der Waals surface area contributed by atoms with Crippen molar-refractivity contribution >= 4 is 21.9 Å². The first-order valence-corrected chi connectivity index (χ1v) is 10.4. The van der Waals surface area contributed by atoms with Crippen molar-refractivity contribution in [3.63, 3.8) is 0 Å². The Morgan fingerprint density at radius 3 is 2.28 bits per heavy atom. The third kappa shape index (κ3) is 4.39. The standard InChI is InChI=1S/C16H26N4O4S/c1-13-12-15(18-24-13)17-16(21)14-6-10-20(11-7-14)25(22,23)19-8-4-2-3-5-9-19/h12,14H,2-11H2,1H3,(H,17,18,21). The quantitative estimate of drug-likeness (QED) is 0.871. The molecule has 9 heteroatoms. The first kappa shape index (κ1) is 18.3. The molecule has 1 aromatic rings. The summed E-state index contributed by atoms with van der Waals surface area (Å²) < 4.78 is 33.7. The van der Waals surface area contributed by atoms with Crippen molar-refractivity contribution in [1.82, 2.24) is 13.8 Å². The number of aryl methyl sites for hydroxylation is 1. The van der Waals surface area contributed by atoms with Crippen molar-refractivity contribution in [3.05, 3.63) is 11.8 Å². The number of nitrogens with one attached hydrogen (secondary N) is 1. The van der Waals surface area contributed by atoms with Crippen LogP contribution in [0.2, 0.25) is 0 Å². The largest absolute Gasteiger partial charge is 0.360 e. The lowest BCUT2D eigenvalue weighted by Gasteiger charge is -2.34. The van der Waals surface area contributed by atoms with Gasteiger partial charge in [0, 0.05) is 38.2 Å². The number of hydrogen-bond donors (Lipinski definition) is 1. The van der Waals surface area contributed by atoms with Gasteiger partial charge in [0.15, 0.2) is 5.82 Å². The highest BCUT2D eigenvalue weighted by molar-refractivity contribution is 7.86. The third-order valence-corrected chi connectivity index (χ3v) is 6.96. The molecule has 0 radical (unpaired) electrons. The van der Waals surface area contributed by atoms with Gasteiger partial charge in [0.2, 0.25) is 5.91 Å². The fourth-order valence-electron chi connectivity index (χ4n) is 3.44. The van der Waals surface area contributed by atoms with E-state index in [1.807, 2.05) is 0 Å². The van der Waals surface area contributed by atoms with Crippen LogP contribution in [0.5, 0.6) is 0 Å². The lowest BCUT2D eigenvalue weighted by atomic mass is 9.97. The monoisotopic (exact) mass is 370 g/mol. The van der Waals surface area contributed by atoms with E-state index in [0.717, 1.165) is 25.7 Å². The summed E-state index contributed by atoms with van der Waals surface area (Å²) in [6.07, 6.45) is 5.08. The number of rotatable bonds is 4. The maximum atomic E-state index is 12.8. The first-order valence-electron chi connectivity index (χ1n) is 8.96. The Bertz CT molecular complexity index is 687. The van der Waals surface area contributed by atoms with Gasteiger partial charge in [-0.2, -0.15) is 17.0 Å². The van der Waals surface area contributed by atoms with Gasteiger partial charge < -0.3 is 9.84 Å². The minimum atomic E-state index is -3.41. The smallest absolute Gasteiger partial charge is 0.281 e. The van der Waals surface area contributed by atoms with E-state index in [2.05, 4.69) is 10.5 Å². The Balaban J connectivity index is 1.54. The highest BCUT2D eigenvalue weighted by Gasteiger charge is 2.35. The second-order valence-corrected chi connectivity index (χ2v) is 8.73. The van der Waals surface area contributed by atoms with E-state index < -0.39 is 10.2 Å². The van der Waals surface area contributed by atoms with E-state index in [0.29, 0.717) is 50.6 Å². The highest BCUT2D eigenvalue weighted by atomic mass is 32.2. The zero-order chi connectivity index (χ0) is 17.9. The molecule has 0 spiro atoms. The van der Waals surface area contributed by atoms with Crippen LogP contribution in [0.1, 0.15) is 44.3 Å². The first-order chi connectivity index (χ1) is 12.0. The molecular weight excluding hydrogens is 344 g/mol. The molecule has 0 atom stereocenters. The molecule has 2 aliphatic rings. The molecule has 2 fully saturated rings. The van der Waals surface area contributed by atoms with E-state index in [-0.39, 0.29) is 11.8 Å². The molecule has 3 heterocycles. The van der Waals surface area contributed by atoms with E-state index in [9.17, 15) is 13.2 Å². The van der Waals surface area contributed by atoms with Gasteiger partial charge in [-0.25, -0.2) is 0 Å². The summed E-state index contributed by atoms with van der Waals surface area (Å²) in [6, 6.07) is 1.66. The molecule has 2 saturated heterocycles. The Morgan fingerprint density at radius 2 is 1.72 bits per heavy atom. The van der Waals surface area contributed by atoms with E-state index in [4.69, 9.17) is 4.52 Å². The Hall–Kier alpha value is -1.45. The minimum Gasteiger partial charge on any atom is -0.360 e. The summed E-state index contributed by atoms with van der Waals surface area (Å²) in [5.74, 6) is 0.712. The fourth-order valence-corrected chi connectivity index (χ4v) is 5.16. The number of piperidine rings is 1.